The predicted octanol–water partition coefficient (Wildman–Crippen LogP) is 10.5. The van der Waals surface area contributed by atoms with Crippen LogP contribution >= 0.6 is 11.3 Å². The smallest absolute Gasteiger partial charge is 0.0646 e. The van der Waals surface area contributed by atoms with Crippen LogP contribution in [0, 0.1) is 0 Å². The van der Waals surface area contributed by atoms with E-state index >= 15 is 0 Å². The molecule has 0 unspecified atom stereocenters. The molecule has 3 aromatic heterocycles. The van der Waals surface area contributed by atoms with Crippen LogP contribution in [0.1, 0.15) is 0 Å². The van der Waals surface area contributed by atoms with Crippen LogP contribution in [0.4, 0.5) is 0 Å². The Kier molecular flexibility index (Phi) is 4.24. The van der Waals surface area contributed by atoms with Crippen molar-refractivity contribution in [3.8, 4) is 16.8 Å². The lowest BCUT2D eigenvalue weighted by Gasteiger charge is -2.09. The normalized spacial score (nSPS) is 12.1. The average Bonchev–Trinajstić information content (AvgIpc) is 3.66. The molecule has 39 heavy (non-hydrogen) atoms. The van der Waals surface area contributed by atoms with E-state index in [0.29, 0.717) is 0 Å². The maximum absolute atomic E-state index is 3.71. The van der Waals surface area contributed by atoms with E-state index in [4.69, 9.17) is 0 Å². The first-order chi connectivity index (χ1) is 19.3. The number of nitrogens with zero attached hydrogens (tertiary/aromatic N) is 1. The van der Waals surface area contributed by atoms with E-state index in [1.54, 1.807) is 0 Å². The van der Waals surface area contributed by atoms with Crippen LogP contribution in [0.15, 0.2) is 127 Å². The molecule has 6 aromatic carbocycles. The first-order valence-electron chi connectivity index (χ1n) is 13.3. The van der Waals surface area contributed by atoms with E-state index < -0.39 is 0 Å². The number of aromatic nitrogens is 2. The van der Waals surface area contributed by atoms with Gasteiger partial charge < -0.3 is 9.55 Å². The summed E-state index contributed by atoms with van der Waals surface area (Å²) in [5, 5.41) is 7.80. The number of rotatable bonds is 2. The van der Waals surface area contributed by atoms with Crippen molar-refractivity contribution in [3.05, 3.63) is 127 Å². The molecule has 1 N–H and O–H groups in total. The van der Waals surface area contributed by atoms with Crippen molar-refractivity contribution < 1.29 is 0 Å². The van der Waals surface area contributed by atoms with E-state index in [2.05, 4.69) is 137 Å². The molecule has 0 saturated heterocycles. The standard InChI is InChI=1S/C36H22N2S/c1-2-8-22(9-3-1)23-14-16-24(17-15-23)38-32-13-7-5-11-26(32)29-20-30-28-19-18-27-25-10-4-6-12-31(25)37-35(27)36(28)39-34(30)21-33(29)38/h1-21,37H. The Balaban J connectivity index is 1.32. The number of thiophene rings is 1. The molecule has 0 amide bonds. The second-order valence-corrected chi connectivity index (χ2v) is 11.3. The van der Waals surface area contributed by atoms with Gasteiger partial charge in [-0.25, -0.2) is 0 Å². The Morgan fingerprint density at radius 1 is 0.487 bits per heavy atom. The van der Waals surface area contributed by atoms with Crippen LogP contribution in [0.3, 0.4) is 0 Å². The highest BCUT2D eigenvalue weighted by Crippen LogP contribution is 2.43. The van der Waals surface area contributed by atoms with E-state index in [9.17, 15) is 0 Å². The molecule has 3 heterocycles. The Labute approximate surface area is 228 Å². The molecule has 0 radical (unpaired) electrons. The highest BCUT2D eigenvalue weighted by Gasteiger charge is 2.17. The SMILES string of the molecule is c1ccc(-c2ccc(-n3c4ccccc4c4cc5c(cc43)sc3c5ccc4c5ccccc5[nH]c43)cc2)cc1. The lowest BCUT2D eigenvalue weighted by molar-refractivity contribution is 1.18. The second kappa shape index (κ2) is 7.83. The van der Waals surface area contributed by atoms with Gasteiger partial charge >= 0.3 is 0 Å². The van der Waals surface area contributed by atoms with E-state index in [-0.39, 0.29) is 0 Å². The summed E-state index contributed by atoms with van der Waals surface area (Å²) >= 11 is 1.89. The number of nitrogens with one attached hydrogen (secondary N) is 1. The molecule has 182 valence electrons. The van der Waals surface area contributed by atoms with Gasteiger partial charge in [0.15, 0.2) is 0 Å². The van der Waals surface area contributed by atoms with Crippen molar-refractivity contribution in [2.75, 3.05) is 0 Å². The summed E-state index contributed by atoms with van der Waals surface area (Å²) in [4.78, 5) is 3.71. The lowest BCUT2D eigenvalue weighted by atomic mass is 10.1. The van der Waals surface area contributed by atoms with Crippen LogP contribution in [0.25, 0.3) is 80.6 Å². The highest BCUT2D eigenvalue weighted by atomic mass is 32.1. The number of aromatic amines is 1. The topological polar surface area (TPSA) is 20.7 Å². The Bertz CT molecular complexity index is 2370. The van der Waals surface area contributed by atoms with Crippen molar-refractivity contribution in [3.63, 3.8) is 0 Å². The monoisotopic (exact) mass is 514 g/mol. The summed E-state index contributed by atoms with van der Waals surface area (Å²) in [6, 6.07) is 46.3. The van der Waals surface area contributed by atoms with E-state index in [1.165, 1.54) is 80.6 Å². The molecule has 0 aliphatic carbocycles. The van der Waals surface area contributed by atoms with E-state index in [1.807, 2.05) is 11.3 Å². The number of hydrogen-bond acceptors (Lipinski definition) is 1. The molecule has 0 saturated carbocycles. The summed E-state index contributed by atoms with van der Waals surface area (Å²) in [6.45, 7) is 0. The van der Waals surface area contributed by atoms with Gasteiger partial charge in [-0.15, -0.1) is 11.3 Å². The molecule has 0 aliphatic heterocycles. The van der Waals surface area contributed by atoms with Crippen molar-refractivity contribution in [2.45, 2.75) is 0 Å². The summed E-state index contributed by atoms with van der Waals surface area (Å²) in [7, 11) is 0. The summed E-state index contributed by atoms with van der Waals surface area (Å²) < 4.78 is 5.06. The summed E-state index contributed by atoms with van der Waals surface area (Å²) in [5.74, 6) is 0. The minimum Gasteiger partial charge on any atom is -0.353 e. The minimum atomic E-state index is 1.18. The van der Waals surface area contributed by atoms with Gasteiger partial charge in [0.1, 0.15) is 0 Å². The fourth-order valence-electron chi connectivity index (χ4n) is 6.32. The van der Waals surface area contributed by atoms with Crippen LogP contribution in [0.5, 0.6) is 0 Å². The molecule has 0 bridgehead atoms. The number of benzene rings is 6. The average molecular weight is 515 g/mol. The zero-order valence-corrected chi connectivity index (χ0v) is 21.8. The Morgan fingerprint density at radius 3 is 2.08 bits per heavy atom. The Hall–Kier alpha value is -4.86. The van der Waals surface area contributed by atoms with Crippen LogP contribution < -0.4 is 0 Å². The molecule has 9 aromatic rings. The van der Waals surface area contributed by atoms with Crippen molar-refractivity contribution in [2.24, 2.45) is 0 Å². The third-order valence-corrected chi connectivity index (χ3v) is 9.33. The van der Waals surface area contributed by atoms with Gasteiger partial charge in [-0.1, -0.05) is 91.0 Å². The number of hydrogen-bond donors (Lipinski definition) is 1. The summed E-state index contributed by atoms with van der Waals surface area (Å²) in [5.41, 5.74) is 8.56. The van der Waals surface area contributed by atoms with Crippen LogP contribution in [0.2, 0.25) is 0 Å². The predicted molar refractivity (Wildman–Crippen MR) is 168 cm³/mol. The molecule has 0 spiro atoms. The fraction of sp³-hybridized carbons (Fsp3) is 0. The van der Waals surface area contributed by atoms with Crippen molar-refractivity contribution in [1.29, 1.82) is 0 Å². The minimum absolute atomic E-state index is 1.18. The second-order valence-electron chi connectivity index (χ2n) is 10.3. The van der Waals surface area contributed by atoms with Crippen molar-refractivity contribution in [1.82, 2.24) is 9.55 Å². The Morgan fingerprint density at radius 2 is 1.21 bits per heavy atom. The largest absolute Gasteiger partial charge is 0.353 e. The third-order valence-electron chi connectivity index (χ3n) is 8.14. The molecule has 2 nitrogen and oxygen atoms in total. The maximum atomic E-state index is 3.71. The summed E-state index contributed by atoms with van der Waals surface area (Å²) in [6.07, 6.45) is 0. The highest BCUT2D eigenvalue weighted by molar-refractivity contribution is 7.26. The van der Waals surface area contributed by atoms with Crippen LogP contribution in [-0.2, 0) is 0 Å². The quantitative estimate of drug-likeness (QED) is 0.237. The number of H-pyrrole nitrogens is 1. The molecule has 0 aliphatic rings. The van der Waals surface area contributed by atoms with Gasteiger partial charge in [0.25, 0.3) is 0 Å². The van der Waals surface area contributed by atoms with Gasteiger partial charge in [0.05, 0.1) is 21.3 Å². The molecule has 0 atom stereocenters. The van der Waals surface area contributed by atoms with E-state index in [0.717, 1.165) is 0 Å². The third kappa shape index (κ3) is 2.96. The first kappa shape index (κ1) is 21.1. The van der Waals surface area contributed by atoms with Crippen LogP contribution in [-0.4, -0.2) is 9.55 Å². The molecule has 9 rings (SSSR count). The number of fused-ring (bicyclic) bond motifs is 10. The van der Waals surface area contributed by atoms with Gasteiger partial charge in [-0.05, 0) is 47.5 Å². The lowest BCUT2D eigenvalue weighted by Crippen LogP contribution is -1.93. The molecule has 0 fully saturated rings. The zero-order chi connectivity index (χ0) is 25.5. The van der Waals surface area contributed by atoms with Gasteiger partial charge in [0.2, 0.25) is 0 Å². The maximum Gasteiger partial charge on any atom is 0.0646 e. The fourth-order valence-corrected chi connectivity index (χ4v) is 7.54. The van der Waals surface area contributed by atoms with Crippen molar-refractivity contribution >= 4 is 75.1 Å². The van der Waals surface area contributed by atoms with Gasteiger partial charge in [-0.2, -0.15) is 0 Å². The first-order valence-corrected chi connectivity index (χ1v) is 14.1. The molecular formula is C36H22N2S. The molecular weight excluding hydrogens is 492 g/mol. The van der Waals surface area contributed by atoms with Gasteiger partial charge in [-0.3, -0.25) is 0 Å². The van der Waals surface area contributed by atoms with Gasteiger partial charge in [0, 0.05) is 48.2 Å². The number of para-hydroxylation sites is 2. The zero-order valence-electron chi connectivity index (χ0n) is 21.0. The molecule has 3 heteroatoms.